The number of carbonyl (C=O) groups excluding carboxylic acids is 1. The van der Waals surface area contributed by atoms with Gasteiger partial charge in [-0.2, -0.15) is 0 Å². The number of fused-ring (bicyclic) bond motifs is 1. The minimum absolute atomic E-state index is 0.122. The SMILES string of the molecule is Cc1ccc(S(=O)(=O)N2C[C@@H](C(=O)Nc3cc(C)cc(C)c3)Oc3cc(C)ccc32)cc1. The second-order valence-corrected chi connectivity index (χ2v) is 10.2. The van der Waals surface area contributed by atoms with Crippen molar-refractivity contribution >= 4 is 27.3 Å². The molecule has 0 aliphatic carbocycles. The summed E-state index contributed by atoms with van der Waals surface area (Å²) in [4.78, 5) is 13.3. The van der Waals surface area contributed by atoms with Crippen molar-refractivity contribution in [3.05, 3.63) is 82.9 Å². The predicted octanol–water partition coefficient (Wildman–Crippen LogP) is 4.52. The van der Waals surface area contributed by atoms with Gasteiger partial charge in [0.05, 0.1) is 17.1 Å². The zero-order valence-electron chi connectivity index (χ0n) is 18.5. The van der Waals surface area contributed by atoms with Gasteiger partial charge in [0, 0.05) is 5.69 Å². The highest BCUT2D eigenvalue weighted by Crippen LogP contribution is 2.38. The topological polar surface area (TPSA) is 75.7 Å². The fraction of sp³-hybridized carbons (Fsp3) is 0.240. The van der Waals surface area contributed by atoms with Crippen LogP contribution in [0.25, 0.3) is 0 Å². The van der Waals surface area contributed by atoms with E-state index in [1.54, 1.807) is 36.4 Å². The lowest BCUT2D eigenvalue weighted by atomic mass is 10.1. The Kier molecular flexibility index (Phi) is 5.69. The van der Waals surface area contributed by atoms with Crippen LogP contribution in [-0.4, -0.2) is 27.0 Å². The molecule has 0 saturated carbocycles. The van der Waals surface area contributed by atoms with Crippen LogP contribution >= 0.6 is 0 Å². The lowest BCUT2D eigenvalue weighted by Gasteiger charge is -2.35. The normalized spacial score (nSPS) is 15.6. The highest BCUT2D eigenvalue weighted by Gasteiger charge is 2.37. The van der Waals surface area contributed by atoms with Crippen molar-refractivity contribution < 1.29 is 17.9 Å². The Morgan fingerprint density at radius 2 is 1.50 bits per heavy atom. The zero-order valence-corrected chi connectivity index (χ0v) is 19.4. The molecule has 1 amide bonds. The van der Waals surface area contributed by atoms with E-state index in [0.29, 0.717) is 17.1 Å². The van der Waals surface area contributed by atoms with Crippen molar-refractivity contribution in [3.8, 4) is 5.75 Å². The lowest BCUT2D eigenvalue weighted by Crippen LogP contribution is -2.48. The van der Waals surface area contributed by atoms with Gasteiger partial charge in [-0.1, -0.05) is 29.8 Å². The smallest absolute Gasteiger partial charge is 0.267 e. The molecule has 1 heterocycles. The molecule has 1 atom stereocenters. The Bertz CT molecular complexity index is 1260. The van der Waals surface area contributed by atoms with Crippen LogP contribution < -0.4 is 14.4 Å². The van der Waals surface area contributed by atoms with Gasteiger partial charge in [-0.25, -0.2) is 8.42 Å². The number of rotatable bonds is 4. The van der Waals surface area contributed by atoms with Crippen molar-refractivity contribution in [2.45, 2.75) is 38.7 Å². The average Bonchev–Trinajstić information content (AvgIpc) is 2.72. The van der Waals surface area contributed by atoms with Gasteiger partial charge in [-0.05, 0) is 80.8 Å². The van der Waals surface area contributed by atoms with E-state index in [9.17, 15) is 13.2 Å². The summed E-state index contributed by atoms with van der Waals surface area (Å²) in [6.45, 7) is 7.57. The van der Waals surface area contributed by atoms with Crippen LogP contribution in [0.3, 0.4) is 0 Å². The fourth-order valence-electron chi connectivity index (χ4n) is 3.83. The van der Waals surface area contributed by atoms with Gasteiger partial charge in [-0.15, -0.1) is 0 Å². The monoisotopic (exact) mass is 450 g/mol. The highest BCUT2D eigenvalue weighted by atomic mass is 32.2. The number of nitrogens with one attached hydrogen (secondary N) is 1. The average molecular weight is 451 g/mol. The van der Waals surface area contributed by atoms with Crippen LogP contribution in [-0.2, 0) is 14.8 Å². The molecule has 0 spiro atoms. The summed E-state index contributed by atoms with van der Waals surface area (Å²) in [5.74, 6) is -0.0289. The number of anilines is 2. The maximum absolute atomic E-state index is 13.5. The summed E-state index contributed by atoms with van der Waals surface area (Å²) in [6.07, 6.45) is -0.995. The number of ether oxygens (including phenoxy) is 1. The van der Waals surface area contributed by atoms with Crippen molar-refractivity contribution in [1.82, 2.24) is 0 Å². The van der Waals surface area contributed by atoms with Crippen LogP contribution in [0.4, 0.5) is 11.4 Å². The Morgan fingerprint density at radius 1 is 0.875 bits per heavy atom. The third-order valence-electron chi connectivity index (χ3n) is 5.38. The molecule has 0 aromatic heterocycles. The molecule has 0 fully saturated rings. The number of amides is 1. The van der Waals surface area contributed by atoms with Crippen molar-refractivity contribution in [1.29, 1.82) is 0 Å². The minimum Gasteiger partial charge on any atom is -0.476 e. The Morgan fingerprint density at radius 3 is 2.16 bits per heavy atom. The molecule has 3 aromatic rings. The molecular weight excluding hydrogens is 424 g/mol. The molecule has 0 bridgehead atoms. The molecule has 1 N–H and O–H groups in total. The first-order valence-corrected chi connectivity index (χ1v) is 11.8. The van der Waals surface area contributed by atoms with Gasteiger partial charge >= 0.3 is 0 Å². The van der Waals surface area contributed by atoms with Gasteiger partial charge in [0.25, 0.3) is 15.9 Å². The molecule has 7 heteroatoms. The molecule has 4 rings (SSSR count). The fourth-order valence-corrected chi connectivity index (χ4v) is 5.31. The largest absolute Gasteiger partial charge is 0.476 e. The quantitative estimate of drug-likeness (QED) is 0.634. The van der Waals surface area contributed by atoms with Gasteiger partial charge < -0.3 is 10.1 Å². The maximum atomic E-state index is 13.5. The molecule has 0 radical (unpaired) electrons. The van der Waals surface area contributed by atoms with E-state index in [1.807, 2.05) is 52.0 Å². The summed E-state index contributed by atoms with van der Waals surface area (Å²) in [7, 11) is -3.88. The first-order valence-electron chi connectivity index (χ1n) is 10.4. The summed E-state index contributed by atoms with van der Waals surface area (Å²) >= 11 is 0. The molecule has 1 aliphatic heterocycles. The van der Waals surface area contributed by atoms with Gasteiger partial charge in [0.2, 0.25) is 0 Å². The third-order valence-corrected chi connectivity index (χ3v) is 7.17. The number of sulfonamides is 1. The van der Waals surface area contributed by atoms with Crippen LogP contribution in [0.15, 0.2) is 65.6 Å². The Hall–Kier alpha value is -3.32. The Balaban J connectivity index is 1.69. The molecule has 6 nitrogen and oxygen atoms in total. The molecule has 32 heavy (non-hydrogen) atoms. The number of nitrogens with zero attached hydrogens (tertiary/aromatic N) is 1. The number of benzene rings is 3. The maximum Gasteiger partial charge on any atom is 0.267 e. The van der Waals surface area contributed by atoms with E-state index in [2.05, 4.69) is 5.32 Å². The summed E-state index contributed by atoms with van der Waals surface area (Å²) in [5.41, 5.74) is 4.99. The highest BCUT2D eigenvalue weighted by molar-refractivity contribution is 7.92. The van der Waals surface area contributed by atoms with Crippen molar-refractivity contribution in [2.75, 3.05) is 16.2 Å². The molecular formula is C25H26N2O4S. The first kappa shape index (κ1) is 21.9. The van der Waals surface area contributed by atoms with Gasteiger partial charge in [-0.3, -0.25) is 9.10 Å². The Labute approximate surface area is 188 Å². The first-order chi connectivity index (χ1) is 15.1. The van der Waals surface area contributed by atoms with E-state index in [4.69, 9.17) is 4.74 Å². The van der Waals surface area contributed by atoms with Crippen molar-refractivity contribution in [2.24, 2.45) is 0 Å². The second-order valence-electron chi connectivity index (χ2n) is 8.29. The van der Waals surface area contributed by atoms with E-state index in [1.165, 1.54) is 4.31 Å². The molecule has 3 aromatic carbocycles. The van der Waals surface area contributed by atoms with E-state index >= 15 is 0 Å². The zero-order chi connectivity index (χ0) is 23.0. The number of hydrogen-bond donors (Lipinski definition) is 1. The second kappa shape index (κ2) is 8.31. The summed E-state index contributed by atoms with van der Waals surface area (Å²) in [6, 6.07) is 17.7. The number of aryl methyl sites for hydroxylation is 4. The van der Waals surface area contributed by atoms with Crippen LogP contribution in [0, 0.1) is 27.7 Å². The predicted molar refractivity (Wildman–Crippen MR) is 126 cm³/mol. The van der Waals surface area contributed by atoms with E-state index < -0.39 is 22.0 Å². The van der Waals surface area contributed by atoms with Crippen LogP contribution in [0.1, 0.15) is 22.3 Å². The minimum atomic E-state index is -3.88. The van der Waals surface area contributed by atoms with Gasteiger partial charge in [0.15, 0.2) is 6.10 Å². The van der Waals surface area contributed by atoms with Crippen LogP contribution in [0.5, 0.6) is 5.75 Å². The van der Waals surface area contributed by atoms with Crippen molar-refractivity contribution in [3.63, 3.8) is 0 Å². The number of carbonyl (C=O) groups is 1. The summed E-state index contributed by atoms with van der Waals surface area (Å²) in [5, 5.41) is 2.87. The third kappa shape index (κ3) is 4.34. The lowest BCUT2D eigenvalue weighted by molar-refractivity contribution is -0.122. The molecule has 0 saturated heterocycles. The molecule has 0 unspecified atom stereocenters. The standard InChI is InChI=1S/C25H26N2O4S/c1-16-5-8-21(9-6-16)32(29,30)27-15-24(31-23-14-17(2)7-10-22(23)27)25(28)26-20-12-18(3)11-19(4)13-20/h5-14,24H,15H2,1-4H3,(H,26,28)/t24-/m0/s1. The van der Waals surface area contributed by atoms with Gasteiger partial charge in [0.1, 0.15) is 5.75 Å². The molecule has 166 valence electrons. The number of hydrogen-bond acceptors (Lipinski definition) is 4. The van der Waals surface area contributed by atoms with E-state index in [-0.39, 0.29) is 11.4 Å². The van der Waals surface area contributed by atoms with Crippen LogP contribution in [0.2, 0.25) is 0 Å². The van der Waals surface area contributed by atoms with E-state index in [0.717, 1.165) is 22.3 Å². The summed E-state index contributed by atoms with van der Waals surface area (Å²) < 4.78 is 34.2. The molecule has 1 aliphatic rings.